The van der Waals surface area contributed by atoms with E-state index in [4.69, 9.17) is 16.7 Å². The lowest BCUT2D eigenvalue weighted by molar-refractivity contribution is 0.302. The van der Waals surface area contributed by atoms with Gasteiger partial charge in [-0.05, 0) is 84.3 Å². The topological polar surface area (TPSA) is 86.3 Å². The maximum atomic E-state index is 13.9. The zero-order valence-electron chi connectivity index (χ0n) is 22.9. The minimum Gasteiger partial charge on any atom is -0.396 e. The molecule has 3 heterocycles. The lowest BCUT2D eigenvalue weighted by Crippen LogP contribution is -2.22. The molecule has 42 heavy (non-hydrogen) atoms. The number of sulfone groups is 1. The van der Waals surface area contributed by atoms with E-state index in [-0.39, 0.29) is 22.3 Å². The molecule has 6 nitrogen and oxygen atoms in total. The normalized spacial score (nSPS) is 14.2. The number of aliphatic hydroxyl groups is 1. The molecule has 0 unspecified atom stereocenters. The molecule has 0 saturated carbocycles. The number of rotatable bonds is 10. The average Bonchev–Trinajstić information content (AvgIpc) is 3.46. The van der Waals surface area contributed by atoms with Gasteiger partial charge in [0.1, 0.15) is 5.82 Å². The Morgan fingerprint density at radius 3 is 2.52 bits per heavy atom. The summed E-state index contributed by atoms with van der Waals surface area (Å²) in [5.41, 5.74) is 6.91. The monoisotopic (exact) mass is 603 g/mol. The van der Waals surface area contributed by atoms with Crippen LogP contribution in [0.1, 0.15) is 24.0 Å². The van der Waals surface area contributed by atoms with Crippen molar-refractivity contribution in [2.24, 2.45) is 0 Å². The fourth-order valence-corrected chi connectivity index (χ4v) is 6.21. The molecule has 216 valence electrons. The summed E-state index contributed by atoms with van der Waals surface area (Å²) in [6.07, 6.45) is 16.2. The van der Waals surface area contributed by atoms with Gasteiger partial charge in [0.25, 0.3) is 0 Å². The molecule has 1 aliphatic rings. The minimum absolute atomic E-state index is 0.00136. The second-order valence-corrected chi connectivity index (χ2v) is 12.4. The summed E-state index contributed by atoms with van der Waals surface area (Å²) >= 11 is 6.10. The predicted octanol–water partition coefficient (Wildman–Crippen LogP) is 7.01. The third-order valence-electron chi connectivity index (χ3n) is 7.14. The van der Waals surface area contributed by atoms with Crippen molar-refractivity contribution in [2.45, 2.75) is 17.7 Å². The van der Waals surface area contributed by atoms with Gasteiger partial charge < -0.3 is 15.0 Å². The van der Waals surface area contributed by atoms with E-state index < -0.39 is 15.7 Å². The van der Waals surface area contributed by atoms with E-state index in [2.05, 4.69) is 20.9 Å². The molecule has 0 amide bonds. The summed E-state index contributed by atoms with van der Waals surface area (Å²) < 4.78 is 38.9. The van der Waals surface area contributed by atoms with Crippen molar-refractivity contribution in [2.75, 3.05) is 25.4 Å². The first kappa shape index (κ1) is 29.5. The number of pyridine rings is 1. The molecule has 4 aromatic rings. The molecule has 9 heteroatoms. The average molecular weight is 604 g/mol. The van der Waals surface area contributed by atoms with Crippen molar-refractivity contribution in [3.63, 3.8) is 0 Å². The van der Waals surface area contributed by atoms with Crippen LogP contribution in [0.3, 0.4) is 0 Å². The molecular formula is C33H31ClFN3O3S. The van der Waals surface area contributed by atoms with E-state index in [1.54, 1.807) is 60.9 Å². The number of halogens is 2. The van der Waals surface area contributed by atoms with Crippen LogP contribution in [0.4, 0.5) is 4.39 Å². The second kappa shape index (κ2) is 13.3. The predicted molar refractivity (Wildman–Crippen MR) is 167 cm³/mol. The Kier molecular flexibility index (Phi) is 9.37. The molecule has 5 rings (SSSR count). The van der Waals surface area contributed by atoms with Gasteiger partial charge >= 0.3 is 0 Å². The lowest BCUT2D eigenvalue weighted by atomic mass is 9.92. The molecule has 0 fully saturated rings. The number of nitrogens with zero attached hydrogens (tertiary/aromatic N) is 2. The second-order valence-electron chi connectivity index (χ2n) is 9.94. The van der Waals surface area contributed by atoms with E-state index in [0.29, 0.717) is 6.42 Å². The quantitative estimate of drug-likeness (QED) is 0.190. The first-order valence-corrected chi connectivity index (χ1v) is 15.7. The maximum Gasteiger partial charge on any atom is 0.181 e. The minimum atomic E-state index is -3.41. The Bertz CT molecular complexity index is 1730. The van der Waals surface area contributed by atoms with Crippen molar-refractivity contribution in [3.8, 4) is 22.4 Å². The molecule has 0 atom stereocenters. The van der Waals surface area contributed by atoms with Crippen molar-refractivity contribution < 1.29 is 17.9 Å². The molecule has 0 aliphatic carbocycles. The van der Waals surface area contributed by atoms with Gasteiger partial charge in [0.2, 0.25) is 0 Å². The lowest BCUT2D eigenvalue weighted by Gasteiger charge is -2.25. The smallest absolute Gasteiger partial charge is 0.181 e. The van der Waals surface area contributed by atoms with Crippen LogP contribution in [0.2, 0.25) is 5.02 Å². The van der Waals surface area contributed by atoms with E-state index >= 15 is 0 Å². The fourth-order valence-electron chi connectivity index (χ4n) is 4.90. The summed E-state index contributed by atoms with van der Waals surface area (Å²) in [5.74, 6) is -0.544. The van der Waals surface area contributed by atoms with Crippen LogP contribution in [0.25, 0.3) is 34.0 Å². The van der Waals surface area contributed by atoms with Crippen LogP contribution < -0.4 is 0 Å². The number of H-pyrrole nitrogens is 1. The highest BCUT2D eigenvalue weighted by Gasteiger charge is 2.20. The van der Waals surface area contributed by atoms with Crippen LogP contribution in [-0.2, 0) is 9.84 Å². The summed E-state index contributed by atoms with van der Waals surface area (Å²) in [7, 11) is -3.41. The SMILES string of the molecule is O=S(=O)(CC=CCCO)c1ccc(C=CN2CC=C(c3c[nH]c(-c4ccc(F)c(Cl)c4)c3-c3ccncc3)CC2)cc1. The first-order chi connectivity index (χ1) is 20.4. The largest absolute Gasteiger partial charge is 0.396 e. The third kappa shape index (κ3) is 6.90. The van der Waals surface area contributed by atoms with Crippen LogP contribution in [0.15, 0.2) is 103 Å². The Morgan fingerprint density at radius 2 is 1.83 bits per heavy atom. The van der Waals surface area contributed by atoms with Crippen molar-refractivity contribution >= 4 is 33.1 Å². The fraction of sp³-hybridized carbons (Fsp3) is 0.182. The van der Waals surface area contributed by atoms with Gasteiger partial charge in [-0.1, -0.05) is 42.0 Å². The van der Waals surface area contributed by atoms with Crippen molar-refractivity contribution in [1.82, 2.24) is 14.9 Å². The molecule has 0 saturated heterocycles. The van der Waals surface area contributed by atoms with Gasteiger partial charge in [0.15, 0.2) is 9.84 Å². The summed E-state index contributed by atoms with van der Waals surface area (Å²) in [4.78, 5) is 10.0. The molecule has 2 aromatic carbocycles. The van der Waals surface area contributed by atoms with Gasteiger partial charge in [-0.3, -0.25) is 4.98 Å². The van der Waals surface area contributed by atoms with Gasteiger partial charge in [-0.2, -0.15) is 0 Å². The van der Waals surface area contributed by atoms with Crippen molar-refractivity contribution in [1.29, 1.82) is 0 Å². The van der Waals surface area contributed by atoms with Gasteiger partial charge in [0, 0.05) is 55.0 Å². The Balaban J connectivity index is 1.31. The van der Waals surface area contributed by atoms with Gasteiger partial charge in [-0.15, -0.1) is 0 Å². The molecule has 0 spiro atoms. The number of benzene rings is 2. The number of aliphatic hydroxyl groups excluding tert-OH is 1. The van der Waals surface area contributed by atoms with E-state index in [0.717, 1.165) is 53.0 Å². The van der Waals surface area contributed by atoms with Gasteiger partial charge in [0.05, 0.1) is 21.4 Å². The van der Waals surface area contributed by atoms with Gasteiger partial charge in [-0.25, -0.2) is 12.8 Å². The molecule has 0 radical (unpaired) electrons. The summed E-state index contributed by atoms with van der Waals surface area (Å²) in [5, 5.41) is 8.91. The number of aromatic amines is 1. The number of hydrogen-bond acceptors (Lipinski definition) is 5. The van der Waals surface area contributed by atoms with Crippen LogP contribution >= 0.6 is 11.6 Å². The highest BCUT2D eigenvalue weighted by Crippen LogP contribution is 2.40. The standard InChI is InChI=1S/C33H31ClFN3O3S/c34-30-22-27(6-9-31(30)35)33-32(26-10-15-36-16-11-26)29(23-37-33)25-13-18-38(19-14-25)17-12-24-4-7-28(8-5-24)42(40,41)21-3-1-2-20-39/h1,3-13,15-17,22-23,37,39H,2,14,18-21H2. The molecule has 1 aliphatic heterocycles. The van der Waals surface area contributed by atoms with E-state index in [1.165, 1.54) is 11.6 Å². The highest BCUT2D eigenvalue weighted by molar-refractivity contribution is 7.91. The van der Waals surface area contributed by atoms with E-state index in [1.807, 2.05) is 30.6 Å². The highest BCUT2D eigenvalue weighted by atomic mass is 35.5. The third-order valence-corrected chi connectivity index (χ3v) is 9.05. The zero-order valence-corrected chi connectivity index (χ0v) is 24.5. The van der Waals surface area contributed by atoms with Crippen LogP contribution in [0, 0.1) is 5.82 Å². The van der Waals surface area contributed by atoms with Crippen LogP contribution in [0.5, 0.6) is 0 Å². The molecule has 0 bridgehead atoms. The summed E-state index contributed by atoms with van der Waals surface area (Å²) in [6.45, 7) is 1.53. The number of hydrogen-bond donors (Lipinski definition) is 2. The number of nitrogens with one attached hydrogen (secondary N) is 1. The van der Waals surface area contributed by atoms with Crippen molar-refractivity contribution in [3.05, 3.63) is 120 Å². The Hall–Kier alpha value is -3.98. The summed E-state index contributed by atoms with van der Waals surface area (Å²) in [6, 6.07) is 15.5. The molecule has 2 N–H and O–H groups in total. The Morgan fingerprint density at radius 1 is 1.05 bits per heavy atom. The maximum absolute atomic E-state index is 13.9. The Labute approximate surface area is 250 Å². The zero-order chi connectivity index (χ0) is 29.5. The molecular weight excluding hydrogens is 573 g/mol. The molecule has 2 aromatic heterocycles. The van der Waals surface area contributed by atoms with Crippen LogP contribution in [-0.4, -0.2) is 53.8 Å². The number of aromatic nitrogens is 2. The first-order valence-electron chi connectivity index (χ1n) is 13.6. The van der Waals surface area contributed by atoms with E-state index in [9.17, 15) is 12.8 Å².